The lowest BCUT2D eigenvalue weighted by Crippen LogP contribution is -2.30. The minimum atomic E-state index is -0.101. The Bertz CT molecular complexity index is 952. The number of nitrogens with zero attached hydrogens (tertiary/aromatic N) is 5. The van der Waals surface area contributed by atoms with E-state index in [2.05, 4.69) is 25.3 Å². The lowest BCUT2D eigenvalue weighted by atomic mass is 10.1. The normalized spacial score (nSPS) is 16.9. The molecule has 0 radical (unpaired) electrons. The lowest BCUT2D eigenvalue weighted by Gasteiger charge is -2.24. The van der Waals surface area contributed by atoms with Crippen LogP contribution in [0.5, 0.6) is 0 Å². The molecule has 27 heavy (non-hydrogen) atoms. The number of carbonyl (C=O) groups is 1. The van der Waals surface area contributed by atoms with E-state index in [9.17, 15) is 4.79 Å². The highest BCUT2D eigenvalue weighted by Gasteiger charge is 2.32. The lowest BCUT2D eigenvalue weighted by molar-refractivity contribution is -0.126. The van der Waals surface area contributed by atoms with E-state index in [1.165, 1.54) is 11.3 Å². The number of amides is 1. The SMILES string of the molecule is Cc1nc(/C=C/C(=O)N2CCCC2c2nccnc2Nc2nccs2)cs1. The zero-order chi connectivity index (χ0) is 18.6. The predicted molar refractivity (Wildman–Crippen MR) is 107 cm³/mol. The van der Waals surface area contributed by atoms with Gasteiger partial charge in [-0.2, -0.15) is 0 Å². The Morgan fingerprint density at radius 3 is 2.93 bits per heavy atom. The summed E-state index contributed by atoms with van der Waals surface area (Å²) >= 11 is 3.07. The van der Waals surface area contributed by atoms with Crippen LogP contribution >= 0.6 is 22.7 Å². The van der Waals surface area contributed by atoms with Gasteiger partial charge in [0.1, 0.15) is 5.69 Å². The summed E-state index contributed by atoms with van der Waals surface area (Å²) in [7, 11) is 0. The van der Waals surface area contributed by atoms with Gasteiger partial charge in [0.05, 0.1) is 16.7 Å². The van der Waals surface area contributed by atoms with Crippen molar-refractivity contribution in [2.75, 3.05) is 11.9 Å². The second kappa shape index (κ2) is 7.93. The molecule has 1 N–H and O–H groups in total. The maximum Gasteiger partial charge on any atom is 0.247 e. The highest BCUT2D eigenvalue weighted by molar-refractivity contribution is 7.13. The number of thiazole rings is 2. The number of likely N-dealkylation sites (tertiary alicyclic amines) is 1. The Kier molecular flexibility index (Phi) is 5.21. The zero-order valence-electron chi connectivity index (χ0n) is 14.7. The van der Waals surface area contributed by atoms with Gasteiger partial charge in [-0.3, -0.25) is 9.78 Å². The smallest absolute Gasteiger partial charge is 0.247 e. The van der Waals surface area contributed by atoms with Gasteiger partial charge in [-0.1, -0.05) is 0 Å². The van der Waals surface area contributed by atoms with E-state index >= 15 is 0 Å². The van der Waals surface area contributed by atoms with Gasteiger partial charge < -0.3 is 10.2 Å². The molecule has 1 fully saturated rings. The number of hydrogen-bond acceptors (Lipinski definition) is 8. The third-order valence-corrected chi connectivity index (χ3v) is 5.75. The fourth-order valence-electron chi connectivity index (χ4n) is 3.10. The van der Waals surface area contributed by atoms with E-state index in [1.807, 2.05) is 22.6 Å². The molecule has 1 aliphatic rings. The molecule has 1 aliphatic heterocycles. The van der Waals surface area contributed by atoms with Crippen LogP contribution in [0.2, 0.25) is 0 Å². The van der Waals surface area contributed by atoms with Crippen LogP contribution in [0.3, 0.4) is 0 Å². The van der Waals surface area contributed by atoms with Crippen molar-refractivity contribution in [3.63, 3.8) is 0 Å². The predicted octanol–water partition coefficient (Wildman–Crippen LogP) is 3.82. The number of carbonyl (C=O) groups excluding carboxylic acids is 1. The van der Waals surface area contributed by atoms with Crippen molar-refractivity contribution in [3.8, 4) is 0 Å². The molecule has 1 saturated heterocycles. The van der Waals surface area contributed by atoms with E-state index in [0.29, 0.717) is 12.4 Å². The first-order valence-electron chi connectivity index (χ1n) is 8.59. The Hall–Kier alpha value is -2.65. The summed E-state index contributed by atoms with van der Waals surface area (Å²) in [6, 6.07) is -0.101. The van der Waals surface area contributed by atoms with E-state index < -0.39 is 0 Å². The Labute approximate surface area is 164 Å². The molecule has 7 nitrogen and oxygen atoms in total. The first-order chi connectivity index (χ1) is 13.2. The topological polar surface area (TPSA) is 83.9 Å². The Morgan fingerprint density at radius 2 is 2.15 bits per heavy atom. The van der Waals surface area contributed by atoms with Crippen molar-refractivity contribution in [1.29, 1.82) is 0 Å². The van der Waals surface area contributed by atoms with Gasteiger partial charge >= 0.3 is 0 Å². The van der Waals surface area contributed by atoms with Gasteiger partial charge in [0.25, 0.3) is 0 Å². The number of aryl methyl sites for hydroxylation is 1. The van der Waals surface area contributed by atoms with E-state index in [1.54, 1.807) is 42.1 Å². The second-order valence-corrected chi connectivity index (χ2v) is 8.02. The summed E-state index contributed by atoms with van der Waals surface area (Å²) in [6.45, 7) is 2.66. The van der Waals surface area contributed by atoms with E-state index in [-0.39, 0.29) is 11.9 Å². The number of aromatic nitrogens is 4. The molecule has 0 aromatic carbocycles. The van der Waals surface area contributed by atoms with Crippen LogP contribution in [0.15, 0.2) is 35.4 Å². The second-order valence-electron chi connectivity index (χ2n) is 6.07. The maximum absolute atomic E-state index is 12.8. The van der Waals surface area contributed by atoms with Gasteiger partial charge in [0.15, 0.2) is 10.9 Å². The van der Waals surface area contributed by atoms with Gasteiger partial charge in [0.2, 0.25) is 5.91 Å². The molecule has 9 heteroatoms. The molecular formula is C18H18N6OS2. The van der Waals surface area contributed by atoms with Crippen LogP contribution in [-0.4, -0.2) is 37.3 Å². The quantitative estimate of drug-likeness (QED) is 0.658. The average Bonchev–Trinajstić information content (AvgIpc) is 3.42. The van der Waals surface area contributed by atoms with Crippen LogP contribution in [0.1, 0.15) is 35.3 Å². The van der Waals surface area contributed by atoms with E-state index in [0.717, 1.165) is 34.4 Å². The highest BCUT2D eigenvalue weighted by atomic mass is 32.1. The van der Waals surface area contributed by atoms with Gasteiger partial charge in [-0.15, -0.1) is 22.7 Å². The molecule has 0 spiro atoms. The Morgan fingerprint density at radius 1 is 1.26 bits per heavy atom. The summed E-state index contributed by atoms with van der Waals surface area (Å²) in [5.41, 5.74) is 1.59. The molecule has 1 unspecified atom stereocenters. The van der Waals surface area contributed by atoms with Gasteiger partial charge in [0, 0.05) is 42.0 Å². The molecule has 1 atom stereocenters. The first-order valence-corrected chi connectivity index (χ1v) is 10.3. The largest absolute Gasteiger partial charge is 0.330 e. The molecule has 3 aromatic heterocycles. The average molecular weight is 399 g/mol. The fourth-order valence-corrected chi connectivity index (χ4v) is 4.21. The van der Waals surface area contributed by atoms with Crippen LogP contribution in [0.4, 0.5) is 10.9 Å². The molecule has 0 saturated carbocycles. The summed E-state index contributed by atoms with van der Waals surface area (Å²) in [5.74, 6) is 0.616. The van der Waals surface area contributed by atoms with Gasteiger partial charge in [-0.25, -0.2) is 15.0 Å². The number of rotatable bonds is 5. The highest BCUT2D eigenvalue weighted by Crippen LogP contribution is 2.35. The molecule has 1 amide bonds. The van der Waals surface area contributed by atoms with Crippen LogP contribution in [0, 0.1) is 6.92 Å². The molecule has 0 aliphatic carbocycles. The maximum atomic E-state index is 12.8. The number of anilines is 2. The van der Waals surface area contributed by atoms with E-state index in [4.69, 9.17) is 0 Å². The standard InChI is InChI=1S/C18H18N6OS2/c1-12-22-13(11-27-12)4-5-15(25)24-9-2-3-14(24)16-17(20-7-6-19-16)23-18-21-8-10-26-18/h4-8,10-11,14H,2-3,9H2,1H3,(H,20,21,23)/b5-4+. The fraction of sp³-hybridized carbons (Fsp3) is 0.278. The molecular weight excluding hydrogens is 380 g/mol. The van der Waals surface area contributed by atoms with Gasteiger partial charge in [-0.05, 0) is 25.8 Å². The first kappa shape index (κ1) is 17.7. The number of nitrogens with one attached hydrogen (secondary N) is 1. The Balaban J connectivity index is 1.54. The van der Waals surface area contributed by atoms with Crippen LogP contribution in [0.25, 0.3) is 6.08 Å². The molecule has 0 bridgehead atoms. The summed E-state index contributed by atoms with van der Waals surface area (Å²) in [6.07, 6.45) is 10.2. The summed E-state index contributed by atoms with van der Waals surface area (Å²) < 4.78 is 0. The third kappa shape index (κ3) is 4.04. The minimum absolute atomic E-state index is 0.0333. The van der Waals surface area contributed by atoms with Crippen molar-refractivity contribution >= 4 is 45.6 Å². The van der Waals surface area contributed by atoms with Crippen molar-refractivity contribution in [1.82, 2.24) is 24.8 Å². The monoisotopic (exact) mass is 398 g/mol. The minimum Gasteiger partial charge on any atom is -0.330 e. The molecule has 4 rings (SSSR count). The summed E-state index contributed by atoms with van der Waals surface area (Å²) in [5, 5.41) is 8.80. The molecule has 138 valence electrons. The summed E-state index contributed by atoms with van der Waals surface area (Å²) in [4.78, 5) is 32.2. The van der Waals surface area contributed by atoms with Crippen molar-refractivity contribution in [2.45, 2.75) is 25.8 Å². The van der Waals surface area contributed by atoms with Crippen LogP contribution in [-0.2, 0) is 4.79 Å². The third-order valence-electron chi connectivity index (χ3n) is 4.27. The van der Waals surface area contributed by atoms with Crippen molar-refractivity contribution in [2.24, 2.45) is 0 Å². The zero-order valence-corrected chi connectivity index (χ0v) is 16.3. The van der Waals surface area contributed by atoms with Crippen LogP contribution < -0.4 is 5.32 Å². The number of hydrogen-bond donors (Lipinski definition) is 1. The molecule has 3 aromatic rings. The van der Waals surface area contributed by atoms with Crippen molar-refractivity contribution < 1.29 is 4.79 Å². The van der Waals surface area contributed by atoms with Crippen molar-refractivity contribution in [3.05, 3.63) is 51.8 Å². The molecule has 4 heterocycles.